The predicted molar refractivity (Wildman–Crippen MR) is 65.4 cm³/mol. The van der Waals surface area contributed by atoms with E-state index < -0.39 is 0 Å². The van der Waals surface area contributed by atoms with E-state index in [-0.39, 0.29) is 12.5 Å². The molecule has 0 radical (unpaired) electrons. The van der Waals surface area contributed by atoms with Gasteiger partial charge in [0.1, 0.15) is 11.5 Å². The molecule has 1 amide bonds. The van der Waals surface area contributed by atoms with Gasteiger partial charge in [0, 0.05) is 24.7 Å². The number of rotatable bonds is 3. The minimum atomic E-state index is -0.0456. The topological polar surface area (TPSA) is 68.5 Å². The van der Waals surface area contributed by atoms with Gasteiger partial charge in [-0.25, -0.2) is 0 Å². The van der Waals surface area contributed by atoms with Crippen LogP contribution in [0.1, 0.15) is 11.3 Å². The Hall–Kier alpha value is -2.37. The van der Waals surface area contributed by atoms with Gasteiger partial charge in [0.2, 0.25) is 0 Å². The summed E-state index contributed by atoms with van der Waals surface area (Å²) in [6.45, 7) is 1.19. The number of nitrogens with zero attached hydrogens (tertiary/aromatic N) is 3. The Kier molecular flexibility index (Phi) is 3.14. The van der Waals surface area contributed by atoms with E-state index in [0.717, 1.165) is 11.3 Å². The Morgan fingerprint density at radius 3 is 3.26 bits per heavy atom. The third kappa shape index (κ3) is 2.57. The average Bonchev–Trinajstić information content (AvgIpc) is 2.93. The number of carbonyl (C=O) groups is 1. The third-order valence-corrected chi connectivity index (χ3v) is 3.05. The molecule has 0 saturated carbocycles. The minimum absolute atomic E-state index is 0.0201. The fourth-order valence-corrected chi connectivity index (χ4v) is 2.02. The summed E-state index contributed by atoms with van der Waals surface area (Å²) >= 11 is 0. The average molecular weight is 259 g/mol. The molecule has 0 aromatic carbocycles. The molecule has 0 spiro atoms. The molecule has 0 saturated heterocycles. The highest BCUT2D eigenvalue weighted by Crippen LogP contribution is 2.18. The summed E-state index contributed by atoms with van der Waals surface area (Å²) in [6, 6.07) is 3.54. The van der Waals surface area contributed by atoms with Gasteiger partial charge >= 0.3 is 0 Å². The second kappa shape index (κ2) is 5.09. The number of pyridine rings is 1. The van der Waals surface area contributed by atoms with E-state index >= 15 is 0 Å². The van der Waals surface area contributed by atoms with Crippen molar-refractivity contribution >= 4 is 5.91 Å². The fraction of sp³-hybridized carbons (Fsp3) is 0.308. The Morgan fingerprint density at radius 1 is 1.47 bits per heavy atom. The smallest absolute Gasteiger partial charge is 0.260 e. The molecule has 6 nitrogen and oxygen atoms in total. The summed E-state index contributed by atoms with van der Waals surface area (Å²) in [4.78, 5) is 17.7. The van der Waals surface area contributed by atoms with Gasteiger partial charge in [0.15, 0.2) is 6.61 Å². The molecule has 3 rings (SSSR count). The van der Waals surface area contributed by atoms with Crippen LogP contribution in [0, 0.1) is 0 Å². The van der Waals surface area contributed by atoms with Crippen LogP contribution in [0.15, 0.2) is 35.2 Å². The molecular formula is C13H13N3O3. The van der Waals surface area contributed by atoms with Crippen molar-refractivity contribution in [2.75, 3.05) is 13.2 Å². The van der Waals surface area contributed by atoms with E-state index in [0.29, 0.717) is 25.3 Å². The number of amides is 1. The highest BCUT2D eigenvalue weighted by molar-refractivity contribution is 5.78. The van der Waals surface area contributed by atoms with Crippen LogP contribution < -0.4 is 4.74 Å². The van der Waals surface area contributed by atoms with Gasteiger partial charge in [-0.1, -0.05) is 5.16 Å². The van der Waals surface area contributed by atoms with Crippen molar-refractivity contribution in [1.82, 2.24) is 15.0 Å². The number of hydrogen-bond acceptors (Lipinski definition) is 5. The zero-order valence-electron chi connectivity index (χ0n) is 10.3. The first-order valence-electron chi connectivity index (χ1n) is 6.06. The molecule has 3 heterocycles. The lowest BCUT2D eigenvalue weighted by Gasteiger charge is -2.25. The maximum absolute atomic E-state index is 12.0. The fourth-order valence-electron chi connectivity index (χ4n) is 2.02. The van der Waals surface area contributed by atoms with Crippen molar-refractivity contribution in [3.63, 3.8) is 0 Å². The largest absolute Gasteiger partial charge is 0.482 e. The number of carbonyl (C=O) groups excluding carboxylic acids is 1. The Balaban J connectivity index is 1.57. The summed E-state index contributed by atoms with van der Waals surface area (Å²) in [5, 5.41) is 3.74. The van der Waals surface area contributed by atoms with E-state index in [2.05, 4.69) is 10.1 Å². The Bertz CT molecular complexity index is 568. The third-order valence-electron chi connectivity index (χ3n) is 3.05. The van der Waals surface area contributed by atoms with Gasteiger partial charge in [0.05, 0.1) is 18.9 Å². The Labute approximate surface area is 110 Å². The van der Waals surface area contributed by atoms with E-state index in [9.17, 15) is 4.79 Å². The normalized spacial score (nSPS) is 14.0. The van der Waals surface area contributed by atoms with E-state index in [1.54, 1.807) is 35.6 Å². The molecule has 0 atom stereocenters. The lowest BCUT2D eigenvalue weighted by atomic mass is 10.1. The molecule has 0 bridgehead atoms. The van der Waals surface area contributed by atoms with Gasteiger partial charge in [-0.2, -0.15) is 0 Å². The van der Waals surface area contributed by atoms with E-state index in [1.165, 1.54) is 0 Å². The first-order valence-corrected chi connectivity index (χ1v) is 6.06. The van der Waals surface area contributed by atoms with E-state index in [4.69, 9.17) is 9.26 Å². The van der Waals surface area contributed by atoms with Crippen LogP contribution >= 0.6 is 0 Å². The molecular weight excluding hydrogens is 246 g/mol. The van der Waals surface area contributed by atoms with E-state index in [1.807, 2.05) is 0 Å². The number of aromatic nitrogens is 2. The van der Waals surface area contributed by atoms with Crippen LogP contribution in [-0.4, -0.2) is 34.1 Å². The summed E-state index contributed by atoms with van der Waals surface area (Å²) in [7, 11) is 0. The van der Waals surface area contributed by atoms with Crippen LogP contribution in [0.5, 0.6) is 5.75 Å². The molecule has 0 N–H and O–H groups in total. The summed E-state index contributed by atoms with van der Waals surface area (Å²) in [5.74, 6) is 1.42. The number of ether oxygens (including phenoxy) is 1. The summed E-state index contributed by atoms with van der Waals surface area (Å²) in [5.41, 5.74) is 0.973. The molecule has 1 aliphatic rings. The molecule has 0 unspecified atom stereocenters. The highest BCUT2D eigenvalue weighted by atomic mass is 16.5. The second-order valence-corrected chi connectivity index (χ2v) is 4.32. The quantitative estimate of drug-likeness (QED) is 0.823. The zero-order valence-corrected chi connectivity index (χ0v) is 10.3. The maximum atomic E-state index is 12.0. The van der Waals surface area contributed by atoms with Crippen LogP contribution in [0.4, 0.5) is 0 Å². The molecule has 0 aliphatic carbocycles. The van der Waals surface area contributed by atoms with Crippen LogP contribution in [0.25, 0.3) is 0 Å². The summed E-state index contributed by atoms with van der Waals surface area (Å²) < 4.78 is 10.5. The SMILES string of the molecule is O=C(COc1cccnc1)N1CCc2oncc2C1. The van der Waals surface area contributed by atoms with Crippen molar-refractivity contribution in [1.29, 1.82) is 0 Å². The number of hydrogen-bond donors (Lipinski definition) is 0. The lowest BCUT2D eigenvalue weighted by Crippen LogP contribution is -2.38. The van der Waals surface area contributed by atoms with Crippen LogP contribution in [-0.2, 0) is 17.8 Å². The van der Waals surface area contributed by atoms with Crippen LogP contribution in [0.3, 0.4) is 0 Å². The molecule has 98 valence electrons. The molecule has 0 fully saturated rings. The first-order chi connectivity index (χ1) is 9.33. The van der Waals surface area contributed by atoms with Crippen molar-refractivity contribution < 1.29 is 14.1 Å². The van der Waals surface area contributed by atoms with Crippen molar-refractivity contribution in [3.05, 3.63) is 42.0 Å². The van der Waals surface area contributed by atoms with Gasteiger partial charge in [-0.05, 0) is 12.1 Å². The zero-order chi connectivity index (χ0) is 13.1. The number of fused-ring (bicyclic) bond motifs is 1. The molecule has 2 aromatic rings. The van der Waals surface area contributed by atoms with Gasteiger partial charge < -0.3 is 14.2 Å². The highest BCUT2D eigenvalue weighted by Gasteiger charge is 2.23. The van der Waals surface area contributed by atoms with Crippen molar-refractivity contribution in [2.45, 2.75) is 13.0 Å². The predicted octanol–water partition coefficient (Wildman–Crippen LogP) is 1.03. The van der Waals surface area contributed by atoms with Gasteiger partial charge in [-0.3, -0.25) is 9.78 Å². The molecule has 19 heavy (non-hydrogen) atoms. The molecule has 1 aliphatic heterocycles. The maximum Gasteiger partial charge on any atom is 0.260 e. The standard InChI is InChI=1S/C13H13N3O3/c17-13(9-18-11-2-1-4-14-7-11)16-5-3-12-10(8-16)6-15-19-12/h1-2,4,6-7H,3,5,8-9H2. The van der Waals surface area contributed by atoms with Crippen molar-refractivity contribution in [2.24, 2.45) is 0 Å². The Morgan fingerprint density at radius 2 is 2.42 bits per heavy atom. The first kappa shape index (κ1) is 11.7. The molecule has 2 aromatic heterocycles. The monoisotopic (exact) mass is 259 g/mol. The second-order valence-electron chi connectivity index (χ2n) is 4.32. The molecule has 6 heteroatoms. The minimum Gasteiger partial charge on any atom is -0.482 e. The van der Waals surface area contributed by atoms with Gasteiger partial charge in [0.25, 0.3) is 5.91 Å². The van der Waals surface area contributed by atoms with Gasteiger partial charge in [-0.15, -0.1) is 0 Å². The lowest BCUT2D eigenvalue weighted by molar-refractivity contribution is -0.134. The summed E-state index contributed by atoms with van der Waals surface area (Å²) in [6.07, 6.45) is 5.61. The van der Waals surface area contributed by atoms with Crippen LogP contribution in [0.2, 0.25) is 0 Å². The van der Waals surface area contributed by atoms with Crippen molar-refractivity contribution in [3.8, 4) is 5.75 Å².